The molecule has 1 saturated heterocycles. The number of likely N-dealkylation sites (N-methyl/N-ethyl adjacent to an activating group) is 1. The molecule has 136 valence electrons. The lowest BCUT2D eigenvalue weighted by molar-refractivity contribution is -0.118. The Kier molecular flexibility index (Phi) is 4.45. The fourth-order valence-corrected chi connectivity index (χ4v) is 3.72. The zero-order chi connectivity index (χ0) is 18.1. The van der Waals surface area contributed by atoms with E-state index in [1.807, 2.05) is 12.1 Å². The third-order valence-electron chi connectivity index (χ3n) is 5.78. The minimum atomic E-state index is -0.330. The number of carbonyl (C=O) groups excluding carboxylic acids is 1. The van der Waals surface area contributed by atoms with Gasteiger partial charge in [0, 0.05) is 37.6 Å². The van der Waals surface area contributed by atoms with E-state index in [2.05, 4.69) is 65.5 Å². The van der Waals surface area contributed by atoms with E-state index < -0.39 is 0 Å². The minimum Gasteiger partial charge on any atom is -0.369 e. The summed E-state index contributed by atoms with van der Waals surface area (Å²) in [5.41, 5.74) is 4.14. The summed E-state index contributed by atoms with van der Waals surface area (Å²) in [5, 5.41) is 3.13. The van der Waals surface area contributed by atoms with Gasteiger partial charge in [0.25, 0.3) is 0 Å². The number of piperazine rings is 1. The molecule has 2 fully saturated rings. The maximum Gasteiger partial charge on any atom is 0.235 e. The summed E-state index contributed by atoms with van der Waals surface area (Å²) in [6, 6.07) is 16.7. The summed E-state index contributed by atoms with van der Waals surface area (Å²) in [5.74, 6) is 0.119. The molecule has 0 bridgehead atoms. The molecule has 1 aliphatic heterocycles. The second-order valence-corrected chi connectivity index (χ2v) is 7.74. The Balaban J connectivity index is 1.42. The van der Waals surface area contributed by atoms with Crippen molar-refractivity contribution < 1.29 is 4.79 Å². The number of hydrogen-bond donors (Lipinski definition) is 1. The Morgan fingerprint density at radius 1 is 0.923 bits per heavy atom. The van der Waals surface area contributed by atoms with Crippen LogP contribution in [0.25, 0.3) is 0 Å². The molecule has 0 unspecified atom stereocenters. The lowest BCUT2D eigenvalue weighted by Crippen LogP contribution is -2.44. The smallest absolute Gasteiger partial charge is 0.235 e. The molecule has 4 nitrogen and oxygen atoms in total. The highest BCUT2D eigenvalue weighted by atomic mass is 16.2. The second-order valence-electron chi connectivity index (χ2n) is 7.74. The fourth-order valence-electron chi connectivity index (χ4n) is 3.72. The molecule has 2 aliphatic rings. The van der Waals surface area contributed by atoms with Gasteiger partial charge in [-0.2, -0.15) is 0 Å². The van der Waals surface area contributed by atoms with Gasteiger partial charge in [0.1, 0.15) is 0 Å². The molecule has 4 rings (SSSR count). The predicted molar refractivity (Wildman–Crippen MR) is 107 cm³/mol. The van der Waals surface area contributed by atoms with Crippen molar-refractivity contribution in [2.75, 3.05) is 43.4 Å². The van der Waals surface area contributed by atoms with Gasteiger partial charge in [-0.25, -0.2) is 0 Å². The molecule has 1 heterocycles. The number of nitrogens with one attached hydrogen (secondary N) is 1. The summed E-state index contributed by atoms with van der Waals surface area (Å²) < 4.78 is 0. The summed E-state index contributed by atoms with van der Waals surface area (Å²) in [7, 11) is 2.16. The van der Waals surface area contributed by atoms with Crippen molar-refractivity contribution in [3.63, 3.8) is 0 Å². The molecule has 2 aromatic rings. The summed E-state index contributed by atoms with van der Waals surface area (Å²) >= 11 is 0. The molecule has 0 aromatic heterocycles. The molecular formula is C22H27N3O. The molecule has 0 radical (unpaired) electrons. The molecule has 0 spiro atoms. The normalized spacial score (nSPS) is 19.2. The van der Waals surface area contributed by atoms with Crippen molar-refractivity contribution in [2.24, 2.45) is 0 Å². The second kappa shape index (κ2) is 6.76. The Bertz CT molecular complexity index is 770. The van der Waals surface area contributed by atoms with E-state index in [9.17, 15) is 4.79 Å². The number of hydrogen-bond acceptors (Lipinski definition) is 3. The van der Waals surface area contributed by atoms with Gasteiger partial charge in [0.05, 0.1) is 5.41 Å². The van der Waals surface area contributed by atoms with Gasteiger partial charge in [0.2, 0.25) is 5.91 Å². The van der Waals surface area contributed by atoms with Crippen LogP contribution in [0.1, 0.15) is 24.0 Å². The molecule has 26 heavy (non-hydrogen) atoms. The quantitative estimate of drug-likeness (QED) is 0.919. The Hall–Kier alpha value is -2.33. The van der Waals surface area contributed by atoms with E-state index in [-0.39, 0.29) is 11.3 Å². The summed E-state index contributed by atoms with van der Waals surface area (Å²) in [4.78, 5) is 17.6. The van der Waals surface area contributed by atoms with E-state index in [1.165, 1.54) is 11.3 Å². The topological polar surface area (TPSA) is 35.6 Å². The van der Waals surface area contributed by atoms with Gasteiger partial charge in [-0.1, -0.05) is 29.8 Å². The van der Waals surface area contributed by atoms with Crippen LogP contribution in [0, 0.1) is 6.92 Å². The van der Waals surface area contributed by atoms with Crippen LogP contribution in [0.3, 0.4) is 0 Å². The number of anilines is 2. The van der Waals surface area contributed by atoms with E-state index in [0.717, 1.165) is 50.3 Å². The average molecular weight is 349 g/mol. The molecular weight excluding hydrogens is 322 g/mol. The van der Waals surface area contributed by atoms with Gasteiger partial charge in [-0.15, -0.1) is 0 Å². The third kappa shape index (κ3) is 3.34. The number of benzene rings is 2. The van der Waals surface area contributed by atoms with Crippen LogP contribution in [0.5, 0.6) is 0 Å². The number of amides is 1. The zero-order valence-corrected chi connectivity index (χ0v) is 15.7. The van der Waals surface area contributed by atoms with Crippen LogP contribution in [0.4, 0.5) is 11.4 Å². The average Bonchev–Trinajstić information content (AvgIpc) is 3.46. The molecule has 1 amide bonds. The van der Waals surface area contributed by atoms with Crippen molar-refractivity contribution in [1.29, 1.82) is 0 Å². The molecule has 2 aromatic carbocycles. The first kappa shape index (κ1) is 17.1. The maximum absolute atomic E-state index is 12.9. The van der Waals surface area contributed by atoms with Crippen molar-refractivity contribution in [3.05, 3.63) is 59.7 Å². The predicted octanol–water partition coefficient (Wildman–Crippen LogP) is 3.42. The SMILES string of the molecule is Cc1ccc(C2(C(=O)Nc3ccc(N4CCN(C)CC4)cc3)CC2)cc1. The highest BCUT2D eigenvalue weighted by Gasteiger charge is 2.51. The van der Waals surface area contributed by atoms with Crippen molar-refractivity contribution in [1.82, 2.24) is 4.90 Å². The maximum atomic E-state index is 12.9. The highest BCUT2D eigenvalue weighted by Crippen LogP contribution is 2.49. The number of aryl methyl sites for hydroxylation is 1. The minimum absolute atomic E-state index is 0.119. The Morgan fingerprint density at radius 2 is 1.54 bits per heavy atom. The molecule has 0 atom stereocenters. The third-order valence-corrected chi connectivity index (χ3v) is 5.78. The van der Waals surface area contributed by atoms with Gasteiger partial charge >= 0.3 is 0 Å². The molecule has 4 heteroatoms. The van der Waals surface area contributed by atoms with Gasteiger partial charge in [-0.05, 0) is 56.6 Å². The standard InChI is InChI=1S/C22H27N3O/c1-17-3-5-18(6-4-17)22(11-12-22)21(26)23-19-7-9-20(10-8-19)25-15-13-24(2)14-16-25/h3-10H,11-16H2,1-2H3,(H,23,26). The molecule has 1 aliphatic carbocycles. The largest absolute Gasteiger partial charge is 0.369 e. The van der Waals surface area contributed by atoms with Crippen LogP contribution < -0.4 is 10.2 Å². The highest BCUT2D eigenvalue weighted by molar-refractivity contribution is 6.01. The molecule has 1 saturated carbocycles. The van der Waals surface area contributed by atoms with E-state index in [4.69, 9.17) is 0 Å². The lowest BCUT2D eigenvalue weighted by Gasteiger charge is -2.34. The number of carbonyl (C=O) groups is 1. The van der Waals surface area contributed by atoms with Crippen LogP contribution in [-0.2, 0) is 10.2 Å². The molecule has 1 N–H and O–H groups in total. The van der Waals surface area contributed by atoms with Gasteiger partial charge in [-0.3, -0.25) is 4.79 Å². The van der Waals surface area contributed by atoms with Crippen LogP contribution in [-0.4, -0.2) is 44.0 Å². The number of nitrogens with zero attached hydrogens (tertiary/aromatic N) is 2. The zero-order valence-electron chi connectivity index (χ0n) is 15.7. The fraction of sp³-hybridized carbons (Fsp3) is 0.409. The monoisotopic (exact) mass is 349 g/mol. The van der Waals surface area contributed by atoms with E-state index >= 15 is 0 Å². The first-order chi connectivity index (χ1) is 12.6. The van der Waals surface area contributed by atoms with Crippen LogP contribution >= 0.6 is 0 Å². The van der Waals surface area contributed by atoms with Crippen molar-refractivity contribution >= 4 is 17.3 Å². The Labute approximate surface area is 155 Å². The van der Waals surface area contributed by atoms with Gasteiger partial charge in [0.15, 0.2) is 0 Å². The Morgan fingerprint density at radius 3 is 2.12 bits per heavy atom. The van der Waals surface area contributed by atoms with E-state index in [1.54, 1.807) is 0 Å². The lowest BCUT2D eigenvalue weighted by atomic mass is 9.94. The first-order valence-corrected chi connectivity index (χ1v) is 9.49. The van der Waals surface area contributed by atoms with Crippen LogP contribution in [0.2, 0.25) is 0 Å². The van der Waals surface area contributed by atoms with Crippen LogP contribution in [0.15, 0.2) is 48.5 Å². The summed E-state index contributed by atoms with van der Waals surface area (Å²) in [6.07, 6.45) is 1.86. The van der Waals surface area contributed by atoms with Crippen molar-refractivity contribution in [2.45, 2.75) is 25.2 Å². The van der Waals surface area contributed by atoms with Crippen molar-refractivity contribution in [3.8, 4) is 0 Å². The summed E-state index contributed by atoms with van der Waals surface area (Å²) in [6.45, 7) is 6.37. The van der Waals surface area contributed by atoms with Gasteiger partial charge < -0.3 is 15.1 Å². The number of rotatable bonds is 4. The first-order valence-electron chi connectivity index (χ1n) is 9.49. The van der Waals surface area contributed by atoms with E-state index in [0.29, 0.717) is 0 Å².